The molecule has 0 amide bonds. The fourth-order valence-electron chi connectivity index (χ4n) is 5.53. The Kier molecular flexibility index (Phi) is 10.6. The Morgan fingerprint density at radius 2 is 1.74 bits per heavy atom. The molecular weight excluding hydrogens is 540 g/mol. The SMILES string of the molecule is COc1cc2c(N[C@H](C)c3cccc(Br)c3)nc(C)nc2c(CCCCCCCN2CCCCC2)c1OC. The standard InChI is InChI=1S/C31H43BrN4O2/c1-22(24-14-13-15-25(32)20-24)33-31-27-21-28(37-3)30(38-4)26(29(27)34-23(2)35-31)16-9-6-5-7-10-17-36-18-11-8-12-19-36/h13-15,20-22H,5-12,16-19H2,1-4H3,(H,33,34,35)/t22-/m1/s1. The highest BCUT2D eigenvalue weighted by molar-refractivity contribution is 9.10. The molecule has 6 nitrogen and oxygen atoms in total. The second-order valence-electron chi connectivity index (χ2n) is 10.4. The first-order valence-electron chi connectivity index (χ1n) is 14.2. The summed E-state index contributed by atoms with van der Waals surface area (Å²) in [4.78, 5) is 12.3. The molecule has 0 unspecified atom stereocenters. The molecule has 1 aliphatic heterocycles. The van der Waals surface area contributed by atoms with Crippen molar-refractivity contribution in [3.05, 3.63) is 51.8 Å². The van der Waals surface area contributed by atoms with Crippen LogP contribution in [-0.2, 0) is 6.42 Å². The fraction of sp³-hybridized carbons (Fsp3) is 0.548. The van der Waals surface area contributed by atoms with Gasteiger partial charge in [0.15, 0.2) is 11.5 Å². The van der Waals surface area contributed by atoms with Gasteiger partial charge in [0.25, 0.3) is 0 Å². The number of ether oxygens (including phenoxy) is 2. The molecule has 1 saturated heterocycles. The molecular formula is C31H43BrN4O2. The van der Waals surface area contributed by atoms with Crippen LogP contribution in [0.4, 0.5) is 5.82 Å². The van der Waals surface area contributed by atoms with Crippen LogP contribution >= 0.6 is 15.9 Å². The highest BCUT2D eigenvalue weighted by Crippen LogP contribution is 2.40. The van der Waals surface area contributed by atoms with Crippen LogP contribution in [0.1, 0.15) is 81.3 Å². The van der Waals surface area contributed by atoms with Gasteiger partial charge >= 0.3 is 0 Å². The van der Waals surface area contributed by atoms with Crippen LogP contribution in [0.5, 0.6) is 11.5 Å². The molecule has 0 saturated carbocycles. The molecule has 0 radical (unpaired) electrons. The van der Waals surface area contributed by atoms with Gasteiger partial charge in [0, 0.05) is 15.4 Å². The number of hydrogen-bond acceptors (Lipinski definition) is 6. The highest BCUT2D eigenvalue weighted by Gasteiger charge is 2.20. The minimum absolute atomic E-state index is 0.0754. The van der Waals surface area contributed by atoms with Crippen LogP contribution in [0, 0.1) is 6.92 Å². The summed E-state index contributed by atoms with van der Waals surface area (Å²) in [6, 6.07) is 10.4. The van der Waals surface area contributed by atoms with Gasteiger partial charge in [-0.1, -0.05) is 53.7 Å². The van der Waals surface area contributed by atoms with E-state index < -0.39 is 0 Å². The number of rotatable bonds is 13. The third-order valence-corrected chi connectivity index (χ3v) is 8.09. The van der Waals surface area contributed by atoms with E-state index in [9.17, 15) is 0 Å². The summed E-state index contributed by atoms with van der Waals surface area (Å²) in [6.07, 6.45) is 11.2. The van der Waals surface area contributed by atoms with E-state index in [2.05, 4.69) is 51.3 Å². The van der Waals surface area contributed by atoms with E-state index in [-0.39, 0.29) is 6.04 Å². The number of unbranched alkanes of at least 4 members (excludes halogenated alkanes) is 4. The Balaban J connectivity index is 1.48. The van der Waals surface area contributed by atoms with Gasteiger partial charge in [-0.25, -0.2) is 9.97 Å². The van der Waals surface area contributed by atoms with Crippen LogP contribution in [0.2, 0.25) is 0 Å². The first-order chi connectivity index (χ1) is 18.5. The molecule has 2 heterocycles. The monoisotopic (exact) mass is 582 g/mol. The lowest BCUT2D eigenvalue weighted by Crippen LogP contribution is -2.30. The zero-order valence-electron chi connectivity index (χ0n) is 23.5. The van der Waals surface area contributed by atoms with Crippen molar-refractivity contribution in [2.45, 2.75) is 77.7 Å². The molecule has 1 fully saturated rings. The molecule has 3 aromatic rings. The molecule has 1 aliphatic rings. The van der Waals surface area contributed by atoms with Crippen LogP contribution in [0.15, 0.2) is 34.8 Å². The van der Waals surface area contributed by atoms with Crippen molar-refractivity contribution >= 4 is 32.7 Å². The number of likely N-dealkylation sites (tertiary alicyclic amines) is 1. The van der Waals surface area contributed by atoms with Crippen molar-refractivity contribution < 1.29 is 9.47 Å². The predicted molar refractivity (Wildman–Crippen MR) is 161 cm³/mol. The summed E-state index contributed by atoms with van der Waals surface area (Å²) >= 11 is 3.59. The van der Waals surface area contributed by atoms with Gasteiger partial charge in [-0.15, -0.1) is 0 Å². The molecule has 38 heavy (non-hydrogen) atoms. The fourth-order valence-corrected chi connectivity index (χ4v) is 5.95. The molecule has 206 valence electrons. The Morgan fingerprint density at radius 3 is 2.47 bits per heavy atom. The highest BCUT2D eigenvalue weighted by atomic mass is 79.9. The number of nitrogens with one attached hydrogen (secondary N) is 1. The summed E-state index contributed by atoms with van der Waals surface area (Å²) in [5.74, 6) is 3.07. The minimum atomic E-state index is 0.0754. The van der Waals surface area contributed by atoms with Crippen molar-refractivity contribution in [3.63, 3.8) is 0 Å². The third-order valence-electron chi connectivity index (χ3n) is 7.59. The Bertz CT molecular complexity index is 1200. The van der Waals surface area contributed by atoms with Gasteiger partial charge in [-0.05, 0) is 89.3 Å². The quantitative estimate of drug-likeness (QED) is 0.207. The Labute approximate surface area is 236 Å². The minimum Gasteiger partial charge on any atom is -0.493 e. The van der Waals surface area contributed by atoms with Crippen molar-refractivity contribution in [2.75, 3.05) is 39.2 Å². The number of nitrogens with zero attached hydrogens (tertiary/aromatic N) is 3. The average Bonchev–Trinajstić information content (AvgIpc) is 2.92. The smallest absolute Gasteiger partial charge is 0.166 e. The van der Waals surface area contributed by atoms with Gasteiger partial charge < -0.3 is 19.7 Å². The van der Waals surface area contributed by atoms with Crippen molar-refractivity contribution in [1.29, 1.82) is 0 Å². The number of hydrogen-bond donors (Lipinski definition) is 1. The van der Waals surface area contributed by atoms with E-state index in [0.29, 0.717) is 0 Å². The normalized spacial score (nSPS) is 15.0. The molecule has 4 rings (SSSR count). The second-order valence-corrected chi connectivity index (χ2v) is 11.4. The van der Waals surface area contributed by atoms with Crippen LogP contribution < -0.4 is 14.8 Å². The van der Waals surface area contributed by atoms with Gasteiger partial charge in [0.1, 0.15) is 11.6 Å². The number of methoxy groups -OCH3 is 2. The largest absolute Gasteiger partial charge is 0.493 e. The first-order valence-corrected chi connectivity index (χ1v) is 15.0. The van der Waals surface area contributed by atoms with E-state index in [1.165, 1.54) is 70.1 Å². The number of fused-ring (bicyclic) bond motifs is 1. The van der Waals surface area contributed by atoms with E-state index in [4.69, 9.17) is 19.4 Å². The van der Waals surface area contributed by atoms with E-state index in [1.807, 2.05) is 19.1 Å². The second kappa shape index (κ2) is 14.1. The lowest BCUT2D eigenvalue weighted by Gasteiger charge is -2.26. The molecule has 0 bridgehead atoms. The molecule has 7 heteroatoms. The topological polar surface area (TPSA) is 59.5 Å². The number of piperidine rings is 1. The lowest BCUT2D eigenvalue weighted by atomic mass is 10.00. The van der Waals surface area contributed by atoms with Crippen molar-refractivity contribution in [1.82, 2.24) is 14.9 Å². The molecule has 1 atom stereocenters. The maximum atomic E-state index is 5.87. The lowest BCUT2D eigenvalue weighted by molar-refractivity contribution is 0.224. The molecule has 1 aromatic heterocycles. The number of benzene rings is 2. The molecule has 1 N–H and O–H groups in total. The molecule has 0 aliphatic carbocycles. The number of aryl methyl sites for hydroxylation is 2. The Hall–Kier alpha value is -2.38. The summed E-state index contributed by atoms with van der Waals surface area (Å²) in [6.45, 7) is 7.96. The van der Waals surface area contributed by atoms with Crippen LogP contribution in [-0.4, -0.2) is 48.7 Å². The molecule has 0 spiro atoms. The predicted octanol–water partition coefficient (Wildman–Crippen LogP) is 7.87. The van der Waals surface area contributed by atoms with E-state index in [1.54, 1.807) is 14.2 Å². The maximum Gasteiger partial charge on any atom is 0.166 e. The molecule has 2 aromatic carbocycles. The third kappa shape index (κ3) is 7.38. The summed E-state index contributed by atoms with van der Waals surface area (Å²) in [7, 11) is 3.42. The van der Waals surface area contributed by atoms with Crippen LogP contribution in [0.25, 0.3) is 10.9 Å². The zero-order chi connectivity index (χ0) is 26.9. The summed E-state index contributed by atoms with van der Waals surface area (Å²) in [5, 5.41) is 4.59. The number of halogens is 1. The average molecular weight is 584 g/mol. The van der Waals surface area contributed by atoms with Gasteiger partial charge in [-0.3, -0.25) is 0 Å². The van der Waals surface area contributed by atoms with Crippen LogP contribution in [0.3, 0.4) is 0 Å². The maximum absolute atomic E-state index is 5.87. The van der Waals surface area contributed by atoms with E-state index in [0.717, 1.165) is 56.9 Å². The first kappa shape index (κ1) is 28.6. The zero-order valence-corrected chi connectivity index (χ0v) is 25.1. The summed E-state index contributed by atoms with van der Waals surface area (Å²) < 4.78 is 12.7. The van der Waals surface area contributed by atoms with Gasteiger partial charge in [-0.2, -0.15) is 0 Å². The Morgan fingerprint density at radius 1 is 0.974 bits per heavy atom. The van der Waals surface area contributed by atoms with Gasteiger partial charge in [0.05, 0.1) is 25.8 Å². The van der Waals surface area contributed by atoms with Crippen molar-refractivity contribution in [3.8, 4) is 11.5 Å². The van der Waals surface area contributed by atoms with E-state index >= 15 is 0 Å². The number of aromatic nitrogens is 2. The summed E-state index contributed by atoms with van der Waals surface area (Å²) in [5.41, 5.74) is 3.24. The van der Waals surface area contributed by atoms with Crippen molar-refractivity contribution in [2.24, 2.45) is 0 Å². The number of anilines is 1. The van der Waals surface area contributed by atoms with Gasteiger partial charge in [0.2, 0.25) is 0 Å².